The number of hydrogen-bond acceptors (Lipinski definition) is 2. The molecule has 3 heteroatoms. The van der Waals surface area contributed by atoms with Gasteiger partial charge in [-0.2, -0.15) is 0 Å². The van der Waals surface area contributed by atoms with Gasteiger partial charge in [0.1, 0.15) is 5.75 Å². The Kier molecular flexibility index (Phi) is 7.34. The lowest BCUT2D eigenvalue weighted by Crippen LogP contribution is -2.24. The van der Waals surface area contributed by atoms with Crippen LogP contribution in [0, 0.1) is 13.8 Å². The molecular formula is C21H27NO2. The molecule has 0 saturated heterocycles. The molecule has 2 aromatic rings. The van der Waals surface area contributed by atoms with Crippen molar-refractivity contribution in [3.63, 3.8) is 0 Å². The van der Waals surface area contributed by atoms with Crippen LogP contribution >= 0.6 is 0 Å². The summed E-state index contributed by atoms with van der Waals surface area (Å²) in [6.07, 6.45) is 3.21. The molecule has 0 fully saturated rings. The molecule has 0 unspecified atom stereocenters. The third-order valence-electron chi connectivity index (χ3n) is 3.92. The number of aryl methyl sites for hydroxylation is 3. The summed E-state index contributed by atoms with van der Waals surface area (Å²) in [5.41, 5.74) is 3.81. The van der Waals surface area contributed by atoms with Crippen LogP contribution in [0.3, 0.4) is 0 Å². The molecule has 2 rings (SSSR count). The van der Waals surface area contributed by atoms with Crippen LogP contribution in [0.25, 0.3) is 0 Å². The van der Waals surface area contributed by atoms with Crippen LogP contribution in [-0.4, -0.2) is 19.1 Å². The minimum absolute atomic E-state index is 0.103. The third kappa shape index (κ3) is 6.86. The van der Waals surface area contributed by atoms with Crippen LogP contribution in [-0.2, 0) is 11.2 Å². The van der Waals surface area contributed by atoms with Gasteiger partial charge >= 0.3 is 0 Å². The van der Waals surface area contributed by atoms with E-state index < -0.39 is 0 Å². The molecular weight excluding hydrogens is 298 g/mol. The first-order valence-electron chi connectivity index (χ1n) is 8.65. The lowest BCUT2D eigenvalue weighted by molar-refractivity contribution is -0.121. The van der Waals surface area contributed by atoms with E-state index in [1.54, 1.807) is 0 Å². The van der Waals surface area contributed by atoms with Gasteiger partial charge in [-0.1, -0.05) is 47.5 Å². The van der Waals surface area contributed by atoms with Crippen molar-refractivity contribution in [3.8, 4) is 5.75 Å². The van der Waals surface area contributed by atoms with Gasteiger partial charge in [0.15, 0.2) is 0 Å². The van der Waals surface area contributed by atoms with Crippen LogP contribution in [0.4, 0.5) is 0 Å². The first-order chi connectivity index (χ1) is 11.6. The zero-order valence-corrected chi connectivity index (χ0v) is 14.7. The molecule has 0 saturated carbocycles. The van der Waals surface area contributed by atoms with Crippen molar-refractivity contribution < 1.29 is 9.53 Å². The molecule has 1 amide bonds. The number of hydrogen-bond donors (Lipinski definition) is 1. The largest absolute Gasteiger partial charge is 0.494 e. The van der Waals surface area contributed by atoms with Crippen LogP contribution in [0.1, 0.15) is 36.0 Å². The molecule has 0 aliphatic heterocycles. The predicted molar refractivity (Wildman–Crippen MR) is 98.4 cm³/mol. The minimum Gasteiger partial charge on any atom is -0.494 e. The van der Waals surface area contributed by atoms with E-state index in [1.807, 2.05) is 31.2 Å². The van der Waals surface area contributed by atoms with E-state index in [4.69, 9.17) is 4.74 Å². The van der Waals surface area contributed by atoms with Gasteiger partial charge in [0.25, 0.3) is 0 Å². The molecule has 0 bridgehead atoms. The van der Waals surface area contributed by atoms with Gasteiger partial charge in [0.05, 0.1) is 6.61 Å². The Bertz CT molecular complexity index is 562. The van der Waals surface area contributed by atoms with Gasteiger partial charge in [-0.15, -0.1) is 0 Å². The van der Waals surface area contributed by atoms with Crippen LogP contribution in [0.5, 0.6) is 5.75 Å². The molecule has 0 atom stereocenters. The SMILES string of the molecule is Cc1ccc(CCCNC(=O)CCCOc2ccc(C)cc2)cc1. The fraction of sp³-hybridized carbons (Fsp3) is 0.381. The zero-order chi connectivity index (χ0) is 17.2. The van der Waals surface area contributed by atoms with E-state index in [-0.39, 0.29) is 5.91 Å². The highest BCUT2D eigenvalue weighted by Crippen LogP contribution is 2.11. The Labute approximate surface area is 145 Å². The third-order valence-corrected chi connectivity index (χ3v) is 3.92. The van der Waals surface area contributed by atoms with Crippen molar-refractivity contribution in [2.24, 2.45) is 0 Å². The average Bonchev–Trinajstić information content (AvgIpc) is 2.59. The Morgan fingerprint density at radius 1 is 0.917 bits per heavy atom. The summed E-state index contributed by atoms with van der Waals surface area (Å²) >= 11 is 0. The second kappa shape index (κ2) is 9.76. The molecule has 3 nitrogen and oxygen atoms in total. The van der Waals surface area contributed by atoms with E-state index >= 15 is 0 Å². The average molecular weight is 325 g/mol. The van der Waals surface area contributed by atoms with E-state index in [0.29, 0.717) is 13.0 Å². The van der Waals surface area contributed by atoms with Crippen LogP contribution in [0.2, 0.25) is 0 Å². The Balaban J connectivity index is 1.52. The maximum absolute atomic E-state index is 11.8. The van der Waals surface area contributed by atoms with Crippen molar-refractivity contribution >= 4 is 5.91 Å². The lowest BCUT2D eigenvalue weighted by atomic mass is 10.1. The highest BCUT2D eigenvalue weighted by molar-refractivity contribution is 5.75. The molecule has 128 valence electrons. The van der Waals surface area contributed by atoms with Crippen LogP contribution < -0.4 is 10.1 Å². The van der Waals surface area contributed by atoms with E-state index in [0.717, 1.165) is 31.6 Å². The van der Waals surface area contributed by atoms with Crippen molar-refractivity contribution in [2.45, 2.75) is 39.5 Å². The second-order valence-electron chi connectivity index (χ2n) is 6.20. The molecule has 0 aliphatic rings. The highest BCUT2D eigenvalue weighted by atomic mass is 16.5. The topological polar surface area (TPSA) is 38.3 Å². The number of amides is 1. The van der Waals surface area contributed by atoms with Crippen LogP contribution in [0.15, 0.2) is 48.5 Å². The first-order valence-corrected chi connectivity index (χ1v) is 8.65. The van der Waals surface area contributed by atoms with E-state index in [9.17, 15) is 4.79 Å². The van der Waals surface area contributed by atoms with Crippen molar-refractivity contribution in [2.75, 3.05) is 13.2 Å². The summed E-state index contributed by atoms with van der Waals surface area (Å²) in [6, 6.07) is 16.5. The van der Waals surface area contributed by atoms with E-state index in [2.05, 4.69) is 36.5 Å². The smallest absolute Gasteiger partial charge is 0.220 e. The van der Waals surface area contributed by atoms with Gasteiger partial charge in [-0.25, -0.2) is 0 Å². The predicted octanol–water partition coefficient (Wildman–Crippen LogP) is 4.21. The quantitative estimate of drug-likeness (QED) is 0.701. The van der Waals surface area contributed by atoms with Crippen molar-refractivity contribution in [1.82, 2.24) is 5.32 Å². The fourth-order valence-electron chi connectivity index (χ4n) is 2.42. The molecule has 24 heavy (non-hydrogen) atoms. The number of rotatable bonds is 9. The maximum atomic E-state index is 11.8. The lowest BCUT2D eigenvalue weighted by Gasteiger charge is -2.07. The standard InChI is InChI=1S/C21H27NO2/c1-17-7-11-19(12-8-17)5-3-15-22-21(23)6-4-16-24-20-13-9-18(2)10-14-20/h7-14H,3-6,15-16H2,1-2H3,(H,22,23). The number of nitrogens with one attached hydrogen (secondary N) is 1. The van der Waals surface area contributed by atoms with Crippen molar-refractivity contribution in [3.05, 3.63) is 65.2 Å². The summed E-state index contributed by atoms with van der Waals surface area (Å²) in [7, 11) is 0. The normalized spacial score (nSPS) is 10.4. The number of benzene rings is 2. The summed E-state index contributed by atoms with van der Waals surface area (Å²) in [5.74, 6) is 0.963. The molecule has 2 aromatic carbocycles. The molecule has 0 radical (unpaired) electrons. The van der Waals surface area contributed by atoms with Gasteiger partial charge in [0, 0.05) is 13.0 Å². The Morgan fingerprint density at radius 3 is 2.21 bits per heavy atom. The first kappa shape index (κ1) is 18.1. The monoisotopic (exact) mass is 325 g/mol. The van der Waals surface area contributed by atoms with Gasteiger partial charge in [-0.3, -0.25) is 4.79 Å². The van der Waals surface area contributed by atoms with Gasteiger partial charge in [0.2, 0.25) is 5.91 Å². The second-order valence-corrected chi connectivity index (χ2v) is 6.20. The molecule has 0 aliphatic carbocycles. The zero-order valence-electron chi connectivity index (χ0n) is 14.7. The summed E-state index contributed by atoms with van der Waals surface area (Å²) in [4.78, 5) is 11.8. The van der Waals surface area contributed by atoms with Crippen molar-refractivity contribution in [1.29, 1.82) is 0 Å². The summed E-state index contributed by atoms with van der Waals surface area (Å²) in [5, 5.41) is 2.98. The number of carbonyl (C=O) groups is 1. The number of carbonyl (C=O) groups excluding carboxylic acids is 1. The maximum Gasteiger partial charge on any atom is 0.220 e. The fourth-order valence-corrected chi connectivity index (χ4v) is 2.42. The summed E-state index contributed by atoms with van der Waals surface area (Å²) in [6.45, 7) is 5.44. The van der Waals surface area contributed by atoms with Gasteiger partial charge < -0.3 is 10.1 Å². The minimum atomic E-state index is 0.103. The van der Waals surface area contributed by atoms with E-state index in [1.165, 1.54) is 16.7 Å². The highest BCUT2D eigenvalue weighted by Gasteiger charge is 2.01. The summed E-state index contributed by atoms with van der Waals surface area (Å²) < 4.78 is 5.62. The molecule has 1 N–H and O–H groups in total. The Morgan fingerprint density at radius 2 is 1.54 bits per heavy atom. The molecule has 0 aromatic heterocycles. The number of ether oxygens (including phenoxy) is 1. The molecule has 0 spiro atoms. The Hall–Kier alpha value is -2.29. The molecule has 0 heterocycles. The van der Waals surface area contributed by atoms with Gasteiger partial charge in [-0.05, 0) is 50.8 Å².